The fraction of sp³-hybridized carbons (Fsp3) is 0.538. The second kappa shape index (κ2) is 6.07. The number of halogens is 2. The maximum Gasteiger partial charge on any atom is 0.117 e. The van der Waals surface area contributed by atoms with Crippen LogP contribution < -0.4 is 0 Å². The quantitative estimate of drug-likeness (QED) is 0.801. The van der Waals surface area contributed by atoms with Crippen LogP contribution in [-0.4, -0.2) is 43.5 Å². The summed E-state index contributed by atoms with van der Waals surface area (Å²) >= 11 is 0. The van der Waals surface area contributed by atoms with Gasteiger partial charge in [-0.05, 0) is 5.56 Å². The first kappa shape index (κ1) is 12.5. The molecule has 0 aromatic heterocycles. The SMILES string of the molecule is FCC1CN(Cc2ccccc2)CC(CF)O1. The lowest BCUT2D eigenvalue weighted by atomic mass is 10.1. The van der Waals surface area contributed by atoms with Crippen LogP contribution in [0.3, 0.4) is 0 Å². The fourth-order valence-electron chi connectivity index (χ4n) is 2.15. The predicted molar refractivity (Wildman–Crippen MR) is 62.3 cm³/mol. The molecule has 2 atom stereocenters. The van der Waals surface area contributed by atoms with E-state index in [1.54, 1.807) is 0 Å². The number of rotatable bonds is 4. The molecule has 94 valence electrons. The van der Waals surface area contributed by atoms with Crippen molar-refractivity contribution in [3.8, 4) is 0 Å². The molecule has 1 aromatic rings. The summed E-state index contributed by atoms with van der Waals surface area (Å²) in [6.07, 6.45) is -0.985. The molecule has 1 aliphatic rings. The summed E-state index contributed by atoms with van der Waals surface area (Å²) in [5.74, 6) is 0. The normalized spacial score (nSPS) is 26.0. The van der Waals surface area contributed by atoms with Crippen LogP contribution in [0, 0.1) is 0 Å². The van der Waals surface area contributed by atoms with Crippen molar-refractivity contribution in [3.05, 3.63) is 35.9 Å². The summed E-state index contributed by atoms with van der Waals surface area (Å²) in [5.41, 5.74) is 1.16. The summed E-state index contributed by atoms with van der Waals surface area (Å²) in [6.45, 7) is 0.671. The van der Waals surface area contributed by atoms with Gasteiger partial charge in [-0.25, -0.2) is 8.78 Å². The zero-order chi connectivity index (χ0) is 12.1. The standard InChI is InChI=1S/C13H17F2NO/c14-6-12-9-16(10-13(7-15)17-12)8-11-4-2-1-3-5-11/h1-5,12-13H,6-10H2. The Morgan fingerprint density at radius 1 is 1.06 bits per heavy atom. The van der Waals surface area contributed by atoms with Crippen LogP contribution in [0.5, 0.6) is 0 Å². The largest absolute Gasteiger partial charge is 0.367 e. The number of benzene rings is 1. The first-order chi connectivity index (χ1) is 8.31. The van der Waals surface area contributed by atoms with Crippen LogP contribution in [0.15, 0.2) is 30.3 Å². The molecule has 2 rings (SSSR count). The van der Waals surface area contributed by atoms with Gasteiger partial charge in [-0.3, -0.25) is 4.90 Å². The molecule has 0 bridgehead atoms. The van der Waals surface area contributed by atoms with Crippen molar-refractivity contribution in [1.82, 2.24) is 4.90 Å². The predicted octanol–water partition coefficient (Wildman–Crippen LogP) is 2.20. The number of hydrogen-bond acceptors (Lipinski definition) is 2. The van der Waals surface area contributed by atoms with Crippen LogP contribution in [0.4, 0.5) is 8.78 Å². The highest BCUT2D eigenvalue weighted by Crippen LogP contribution is 2.15. The van der Waals surface area contributed by atoms with Gasteiger partial charge in [0, 0.05) is 19.6 Å². The molecule has 0 amide bonds. The minimum Gasteiger partial charge on any atom is -0.367 e. The Bertz CT molecular complexity index is 321. The van der Waals surface area contributed by atoms with Crippen molar-refractivity contribution in [1.29, 1.82) is 0 Å². The van der Waals surface area contributed by atoms with E-state index in [1.807, 2.05) is 35.2 Å². The van der Waals surface area contributed by atoms with E-state index in [-0.39, 0.29) is 0 Å². The highest BCUT2D eigenvalue weighted by Gasteiger charge is 2.27. The molecule has 1 aromatic carbocycles. The summed E-state index contributed by atoms with van der Waals surface area (Å²) in [6, 6.07) is 9.93. The highest BCUT2D eigenvalue weighted by molar-refractivity contribution is 5.14. The zero-order valence-corrected chi connectivity index (χ0v) is 9.69. The molecule has 1 saturated heterocycles. The second-order valence-electron chi connectivity index (χ2n) is 4.37. The minimum absolute atomic E-state index is 0.492. The number of morpholine rings is 1. The van der Waals surface area contributed by atoms with Crippen LogP contribution in [0.2, 0.25) is 0 Å². The van der Waals surface area contributed by atoms with Gasteiger partial charge in [-0.15, -0.1) is 0 Å². The molecule has 17 heavy (non-hydrogen) atoms. The lowest BCUT2D eigenvalue weighted by Crippen LogP contribution is -2.48. The zero-order valence-electron chi connectivity index (χ0n) is 9.69. The van der Waals surface area contributed by atoms with Crippen molar-refractivity contribution in [2.75, 3.05) is 26.4 Å². The third-order valence-corrected chi connectivity index (χ3v) is 2.90. The molecule has 0 N–H and O–H groups in total. The maximum absolute atomic E-state index is 12.6. The van der Waals surface area contributed by atoms with E-state index in [0.29, 0.717) is 13.1 Å². The van der Waals surface area contributed by atoms with Crippen LogP contribution in [0.1, 0.15) is 5.56 Å². The van der Waals surface area contributed by atoms with E-state index in [9.17, 15) is 8.78 Å². The van der Waals surface area contributed by atoms with Crippen molar-refractivity contribution in [2.45, 2.75) is 18.8 Å². The Kier molecular flexibility index (Phi) is 4.45. The molecular weight excluding hydrogens is 224 g/mol. The summed E-state index contributed by atoms with van der Waals surface area (Å²) < 4.78 is 30.5. The van der Waals surface area contributed by atoms with Gasteiger partial charge in [0.15, 0.2) is 0 Å². The molecule has 1 fully saturated rings. The van der Waals surface area contributed by atoms with Gasteiger partial charge < -0.3 is 4.74 Å². The van der Waals surface area contributed by atoms with E-state index >= 15 is 0 Å². The Labute approximate surface area is 100 Å². The molecule has 0 spiro atoms. The Morgan fingerprint density at radius 3 is 2.18 bits per heavy atom. The van der Waals surface area contributed by atoms with E-state index in [4.69, 9.17) is 4.74 Å². The van der Waals surface area contributed by atoms with Crippen LogP contribution in [0.25, 0.3) is 0 Å². The summed E-state index contributed by atoms with van der Waals surface area (Å²) in [5, 5.41) is 0. The van der Waals surface area contributed by atoms with Crippen molar-refractivity contribution in [2.24, 2.45) is 0 Å². The van der Waals surface area contributed by atoms with Crippen LogP contribution in [-0.2, 0) is 11.3 Å². The number of alkyl halides is 2. The molecule has 0 radical (unpaired) electrons. The highest BCUT2D eigenvalue weighted by atomic mass is 19.1. The van der Waals surface area contributed by atoms with Gasteiger partial charge in [0.05, 0.1) is 12.2 Å². The molecular formula is C13H17F2NO. The lowest BCUT2D eigenvalue weighted by molar-refractivity contribution is -0.101. The smallest absolute Gasteiger partial charge is 0.117 e. The Balaban J connectivity index is 1.95. The molecule has 2 unspecified atom stereocenters. The van der Waals surface area contributed by atoms with E-state index in [1.165, 1.54) is 0 Å². The molecule has 4 heteroatoms. The van der Waals surface area contributed by atoms with Gasteiger partial charge in [0.2, 0.25) is 0 Å². The van der Waals surface area contributed by atoms with E-state index in [0.717, 1.165) is 12.1 Å². The van der Waals surface area contributed by atoms with Crippen molar-refractivity contribution >= 4 is 0 Å². The van der Waals surface area contributed by atoms with E-state index < -0.39 is 25.6 Å². The maximum atomic E-state index is 12.6. The minimum atomic E-state index is -0.554. The van der Waals surface area contributed by atoms with Crippen molar-refractivity contribution < 1.29 is 13.5 Å². The van der Waals surface area contributed by atoms with E-state index in [2.05, 4.69) is 0 Å². The average molecular weight is 241 g/mol. The fourth-order valence-corrected chi connectivity index (χ4v) is 2.15. The van der Waals surface area contributed by atoms with Crippen LogP contribution >= 0.6 is 0 Å². The number of nitrogens with zero attached hydrogens (tertiary/aromatic N) is 1. The molecule has 1 heterocycles. The topological polar surface area (TPSA) is 12.5 Å². The third-order valence-electron chi connectivity index (χ3n) is 2.90. The Morgan fingerprint density at radius 2 is 1.65 bits per heavy atom. The second-order valence-corrected chi connectivity index (χ2v) is 4.37. The molecule has 1 aliphatic heterocycles. The number of hydrogen-bond donors (Lipinski definition) is 0. The van der Waals surface area contributed by atoms with Gasteiger partial charge in [-0.2, -0.15) is 0 Å². The van der Waals surface area contributed by atoms with Crippen molar-refractivity contribution in [3.63, 3.8) is 0 Å². The molecule has 0 aliphatic carbocycles. The first-order valence-electron chi connectivity index (χ1n) is 5.85. The van der Waals surface area contributed by atoms with Gasteiger partial charge in [0.1, 0.15) is 13.3 Å². The molecule has 0 saturated carbocycles. The number of ether oxygens (including phenoxy) is 1. The first-order valence-corrected chi connectivity index (χ1v) is 5.85. The van der Waals surface area contributed by atoms with Gasteiger partial charge >= 0.3 is 0 Å². The van der Waals surface area contributed by atoms with Gasteiger partial charge in [-0.1, -0.05) is 30.3 Å². The molecule has 2 nitrogen and oxygen atoms in total. The average Bonchev–Trinajstić information content (AvgIpc) is 2.39. The monoisotopic (exact) mass is 241 g/mol. The van der Waals surface area contributed by atoms with Gasteiger partial charge in [0.25, 0.3) is 0 Å². The third kappa shape index (κ3) is 3.48. The Hall–Kier alpha value is -1.00. The summed E-state index contributed by atoms with van der Waals surface area (Å²) in [4.78, 5) is 2.05. The lowest BCUT2D eigenvalue weighted by Gasteiger charge is -2.36. The summed E-state index contributed by atoms with van der Waals surface area (Å²) in [7, 11) is 0.